The summed E-state index contributed by atoms with van der Waals surface area (Å²) in [7, 11) is 1.96. The topological polar surface area (TPSA) is 29.9 Å². The predicted molar refractivity (Wildman–Crippen MR) is 89.3 cm³/mol. The van der Waals surface area contributed by atoms with E-state index < -0.39 is 0 Å². The summed E-state index contributed by atoms with van der Waals surface area (Å²) in [5.41, 5.74) is 4.78. The number of aryl methyl sites for hydroxylation is 1. The van der Waals surface area contributed by atoms with Gasteiger partial charge in [0.05, 0.1) is 12.2 Å². The number of benzene rings is 1. The molecule has 3 nitrogen and oxygen atoms in total. The molecule has 0 unspecified atom stereocenters. The summed E-state index contributed by atoms with van der Waals surface area (Å²) >= 11 is 12.2. The van der Waals surface area contributed by atoms with E-state index in [9.17, 15) is 0 Å². The van der Waals surface area contributed by atoms with Crippen LogP contribution in [0.2, 0.25) is 10.0 Å². The van der Waals surface area contributed by atoms with E-state index in [4.69, 9.17) is 28.3 Å². The minimum atomic E-state index is 0.657. The molecule has 5 heteroatoms. The SMILES string of the molecule is CCc1nn(Cc2ccc(Cl)cc2Cl)c(CC)c1CNC. The Morgan fingerprint density at radius 2 is 1.95 bits per heavy atom. The van der Waals surface area contributed by atoms with E-state index in [1.54, 1.807) is 6.07 Å². The molecule has 1 aromatic carbocycles. The van der Waals surface area contributed by atoms with Crippen molar-refractivity contribution in [2.24, 2.45) is 0 Å². The lowest BCUT2D eigenvalue weighted by Crippen LogP contribution is -2.10. The summed E-state index contributed by atoms with van der Waals surface area (Å²) < 4.78 is 2.07. The Morgan fingerprint density at radius 3 is 2.52 bits per heavy atom. The van der Waals surface area contributed by atoms with Gasteiger partial charge in [-0.15, -0.1) is 0 Å². The lowest BCUT2D eigenvalue weighted by atomic mass is 10.1. The van der Waals surface area contributed by atoms with Crippen LogP contribution in [0.15, 0.2) is 18.2 Å². The first-order valence-electron chi connectivity index (χ1n) is 7.26. The molecule has 21 heavy (non-hydrogen) atoms. The number of rotatable bonds is 6. The third-order valence-corrected chi connectivity index (χ3v) is 4.20. The Labute approximate surface area is 136 Å². The van der Waals surface area contributed by atoms with Crippen LogP contribution >= 0.6 is 23.2 Å². The molecule has 2 rings (SSSR count). The fourth-order valence-corrected chi connectivity index (χ4v) is 3.06. The summed E-state index contributed by atoms with van der Waals surface area (Å²) in [4.78, 5) is 0. The van der Waals surface area contributed by atoms with Crippen LogP contribution in [0, 0.1) is 0 Å². The Kier molecular flexibility index (Phi) is 5.68. The van der Waals surface area contributed by atoms with Crippen LogP contribution < -0.4 is 5.32 Å². The van der Waals surface area contributed by atoms with E-state index in [1.165, 1.54) is 11.3 Å². The number of nitrogens with zero attached hydrogens (tertiary/aromatic N) is 2. The zero-order valence-corrected chi connectivity index (χ0v) is 14.2. The second kappa shape index (κ2) is 7.30. The number of hydrogen-bond donors (Lipinski definition) is 1. The van der Waals surface area contributed by atoms with Crippen molar-refractivity contribution < 1.29 is 0 Å². The lowest BCUT2D eigenvalue weighted by Gasteiger charge is -2.09. The molecule has 0 bridgehead atoms. The highest BCUT2D eigenvalue weighted by Crippen LogP contribution is 2.24. The van der Waals surface area contributed by atoms with Gasteiger partial charge in [0.1, 0.15) is 0 Å². The summed E-state index contributed by atoms with van der Waals surface area (Å²) in [6.07, 6.45) is 1.89. The second-order valence-corrected chi connectivity index (χ2v) is 5.85. The summed E-state index contributed by atoms with van der Waals surface area (Å²) in [5, 5.41) is 9.34. The smallest absolute Gasteiger partial charge is 0.0677 e. The summed E-state index contributed by atoms with van der Waals surface area (Å²) in [5.74, 6) is 0. The van der Waals surface area contributed by atoms with Crippen molar-refractivity contribution >= 4 is 23.2 Å². The molecule has 0 aliphatic heterocycles. The highest BCUT2D eigenvalue weighted by molar-refractivity contribution is 6.35. The van der Waals surface area contributed by atoms with Crippen molar-refractivity contribution in [2.45, 2.75) is 39.8 Å². The molecule has 0 aliphatic rings. The van der Waals surface area contributed by atoms with Crippen LogP contribution in [0.5, 0.6) is 0 Å². The van der Waals surface area contributed by atoms with E-state index in [2.05, 4.69) is 23.8 Å². The van der Waals surface area contributed by atoms with Gasteiger partial charge in [-0.3, -0.25) is 4.68 Å². The lowest BCUT2D eigenvalue weighted by molar-refractivity contribution is 0.638. The summed E-state index contributed by atoms with van der Waals surface area (Å²) in [6.45, 7) is 5.83. The molecule has 0 amide bonds. The van der Waals surface area contributed by atoms with Gasteiger partial charge in [0.25, 0.3) is 0 Å². The van der Waals surface area contributed by atoms with Gasteiger partial charge in [0, 0.05) is 27.8 Å². The molecule has 1 aromatic heterocycles. The van der Waals surface area contributed by atoms with Crippen molar-refractivity contribution in [2.75, 3.05) is 7.05 Å². The van der Waals surface area contributed by atoms with Gasteiger partial charge in [-0.2, -0.15) is 5.10 Å². The number of aromatic nitrogens is 2. The van der Waals surface area contributed by atoms with E-state index in [1.807, 2.05) is 19.2 Å². The van der Waals surface area contributed by atoms with Crippen LogP contribution in [-0.4, -0.2) is 16.8 Å². The molecule has 0 saturated carbocycles. The third-order valence-electron chi connectivity index (χ3n) is 3.61. The fourth-order valence-electron chi connectivity index (χ4n) is 2.59. The van der Waals surface area contributed by atoms with Gasteiger partial charge in [-0.25, -0.2) is 0 Å². The molecule has 1 heterocycles. The maximum atomic E-state index is 6.28. The molecule has 114 valence electrons. The average Bonchev–Trinajstić information content (AvgIpc) is 2.79. The van der Waals surface area contributed by atoms with Crippen molar-refractivity contribution in [1.29, 1.82) is 0 Å². The normalized spacial score (nSPS) is 11.1. The van der Waals surface area contributed by atoms with Crippen LogP contribution in [0.1, 0.15) is 36.4 Å². The highest BCUT2D eigenvalue weighted by Gasteiger charge is 2.15. The maximum absolute atomic E-state index is 6.28. The molecule has 0 radical (unpaired) electrons. The van der Waals surface area contributed by atoms with Crippen LogP contribution in [0.3, 0.4) is 0 Å². The Hall–Kier alpha value is -1.03. The predicted octanol–water partition coefficient (Wildman–Crippen LogP) is 4.08. The summed E-state index contributed by atoms with van der Waals surface area (Å²) in [6, 6.07) is 5.62. The van der Waals surface area contributed by atoms with Gasteiger partial charge in [-0.1, -0.05) is 43.1 Å². The Morgan fingerprint density at radius 1 is 1.19 bits per heavy atom. The third kappa shape index (κ3) is 3.60. The molecule has 0 fully saturated rings. The second-order valence-electron chi connectivity index (χ2n) is 5.00. The monoisotopic (exact) mass is 325 g/mol. The Balaban J connectivity index is 2.39. The van der Waals surface area contributed by atoms with Crippen LogP contribution in [0.4, 0.5) is 0 Å². The molecular formula is C16H21Cl2N3. The van der Waals surface area contributed by atoms with Gasteiger partial charge in [-0.05, 0) is 37.6 Å². The van der Waals surface area contributed by atoms with Gasteiger partial charge in [0.2, 0.25) is 0 Å². The zero-order chi connectivity index (χ0) is 15.4. The minimum absolute atomic E-state index is 0.657. The van der Waals surface area contributed by atoms with E-state index >= 15 is 0 Å². The molecule has 1 N–H and O–H groups in total. The molecule has 2 aromatic rings. The maximum Gasteiger partial charge on any atom is 0.0677 e. The first kappa shape index (κ1) is 16.3. The fraction of sp³-hybridized carbons (Fsp3) is 0.438. The van der Waals surface area contributed by atoms with Crippen LogP contribution in [-0.2, 0) is 25.9 Å². The first-order chi connectivity index (χ1) is 10.1. The molecule has 0 aliphatic carbocycles. The molecular weight excluding hydrogens is 305 g/mol. The number of halogens is 2. The number of nitrogens with one attached hydrogen (secondary N) is 1. The quantitative estimate of drug-likeness (QED) is 0.867. The Bertz CT molecular complexity index is 620. The zero-order valence-electron chi connectivity index (χ0n) is 12.7. The van der Waals surface area contributed by atoms with E-state index in [-0.39, 0.29) is 0 Å². The van der Waals surface area contributed by atoms with E-state index in [0.717, 1.165) is 30.6 Å². The van der Waals surface area contributed by atoms with Crippen molar-refractivity contribution in [3.05, 3.63) is 50.8 Å². The molecule has 0 saturated heterocycles. The van der Waals surface area contributed by atoms with Crippen molar-refractivity contribution in [3.8, 4) is 0 Å². The van der Waals surface area contributed by atoms with Gasteiger partial charge < -0.3 is 5.32 Å². The molecule has 0 atom stereocenters. The van der Waals surface area contributed by atoms with Gasteiger partial charge in [0.15, 0.2) is 0 Å². The minimum Gasteiger partial charge on any atom is -0.316 e. The van der Waals surface area contributed by atoms with Crippen LogP contribution in [0.25, 0.3) is 0 Å². The standard InChI is InChI=1S/C16H21Cl2N3/c1-4-15-13(9-19-3)16(5-2)21(20-15)10-11-6-7-12(17)8-14(11)18/h6-8,19H,4-5,9-10H2,1-3H3. The average molecular weight is 326 g/mol. The highest BCUT2D eigenvalue weighted by atomic mass is 35.5. The largest absolute Gasteiger partial charge is 0.316 e. The number of hydrogen-bond acceptors (Lipinski definition) is 2. The van der Waals surface area contributed by atoms with E-state index in [0.29, 0.717) is 16.6 Å². The first-order valence-corrected chi connectivity index (χ1v) is 8.02. The van der Waals surface area contributed by atoms with Crippen molar-refractivity contribution in [3.63, 3.8) is 0 Å². The molecule has 0 spiro atoms. The van der Waals surface area contributed by atoms with Crippen molar-refractivity contribution in [1.82, 2.24) is 15.1 Å². The van der Waals surface area contributed by atoms with Gasteiger partial charge >= 0.3 is 0 Å².